The van der Waals surface area contributed by atoms with E-state index in [9.17, 15) is 14.9 Å². The number of ether oxygens (including phenoxy) is 3. The van der Waals surface area contributed by atoms with Crippen LogP contribution in [0.25, 0.3) is 0 Å². The lowest BCUT2D eigenvalue weighted by atomic mass is 10.2. The lowest BCUT2D eigenvalue weighted by Crippen LogP contribution is -2.28. The second-order valence-electron chi connectivity index (χ2n) is 4.10. The van der Waals surface area contributed by atoms with Gasteiger partial charge in [-0.05, 0) is 30.7 Å². The Morgan fingerprint density at radius 1 is 1.46 bits per heavy atom. The van der Waals surface area contributed by atoms with Crippen LogP contribution in [-0.4, -0.2) is 43.5 Å². The Labute approximate surface area is 137 Å². The number of nitro groups is 1. The highest BCUT2D eigenvalue weighted by molar-refractivity contribution is 5.83. The molecule has 0 atom stereocenters. The van der Waals surface area contributed by atoms with Gasteiger partial charge in [-0.3, -0.25) is 0 Å². The van der Waals surface area contributed by atoms with E-state index in [0.717, 1.165) is 0 Å². The van der Waals surface area contributed by atoms with Gasteiger partial charge in [0.05, 0.1) is 19.9 Å². The van der Waals surface area contributed by atoms with E-state index >= 15 is 0 Å². The number of hydrogen-bond donors (Lipinski definition) is 2. The Kier molecular flexibility index (Phi) is 7.48. The van der Waals surface area contributed by atoms with Crippen LogP contribution in [0.5, 0.6) is 11.5 Å². The number of nitrogens with one attached hydrogen (secondary N) is 1. The average molecular weight is 339 g/mol. The molecule has 0 saturated carbocycles. The Bertz CT molecular complexity index is 646. The highest BCUT2D eigenvalue weighted by Crippen LogP contribution is 2.27. The molecule has 0 aliphatic rings. The van der Waals surface area contributed by atoms with Crippen LogP contribution in [0.4, 0.5) is 0 Å². The van der Waals surface area contributed by atoms with Crippen molar-refractivity contribution in [2.45, 2.75) is 6.92 Å². The van der Waals surface area contributed by atoms with Gasteiger partial charge in [-0.2, -0.15) is 5.10 Å². The fraction of sp³-hybridized carbons (Fsp3) is 0.308. The molecule has 24 heavy (non-hydrogen) atoms. The smallest absolute Gasteiger partial charge is 0.344 e. The van der Waals surface area contributed by atoms with E-state index in [1.165, 1.54) is 13.3 Å². The van der Waals surface area contributed by atoms with E-state index in [4.69, 9.17) is 19.9 Å². The SMILES string of the molecule is CCOC(=O)COc1ccc(C=NNC(N)=N[N+](=O)[O-])cc1OC. The van der Waals surface area contributed by atoms with Crippen molar-refractivity contribution >= 4 is 18.1 Å². The number of hydrazone groups is 2. The number of esters is 1. The predicted molar refractivity (Wildman–Crippen MR) is 84.5 cm³/mol. The highest BCUT2D eigenvalue weighted by atomic mass is 16.7. The summed E-state index contributed by atoms with van der Waals surface area (Å²) < 4.78 is 15.2. The third-order valence-corrected chi connectivity index (χ3v) is 2.42. The molecule has 0 aliphatic carbocycles. The summed E-state index contributed by atoms with van der Waals surface area (Å²) >= 11 is 0. The number of rotatable bonds is 8. The molecule has 0 aliphatic heterocycles. The van der Waals surface area contributed by atoms with E-state index in [2.05, 4.69) is 15.6 Å². The zero-order chi connectivity index (χ0) is 17.9. The fourth-order valence-electron chi connectivity index (χ4n) is 1.51. The summed E-state index contributed by atoms with van der Waals surface area (Å²) in [6, 6.07) is 4.80. The van der Waals surface area contributed by atoms with Gasteiger partial charge >= 0.3 is 5.97 Å². The van der Waals surface area contributed by atoms with Gasteiger partial charge < -0.3 is 19.9 Å². The largest absolute Gasteiger partial charge is 0.493 e. The van der Waals surface area contributed by atoms with E-state index < -0.39 is 17.0 Å². The van der Waals surface area contributed by atoms with Crippen LogP contribution in [0.3, 0.4) is 0 Å². The summed E-state index contributed by atoms with van der Waals surface area (Å²) in [4.78, 5) is 21.4. The Balaban J connectivity index is 2.72. The summed E-state index contributed by atoms with van der Waals surface area (Å²) in [5, 5.41) is 15.7. The van der Waals surface area contributed by atoms with Crippen LogP contribution < -0.4 is 20.6 Å². The molecular formula is C13H17N5O6. The minimum Gasteiger partial charge on any atom is -0.493 e. The molecule has 0 radical (unpaired) electrons. The summed E-state index contributed by atoms with van der Waals surface area (Å²) in [7, 11) is 1.44. The van der Waals surface area contributed by atoms with Crippen LogP contribution in [0, 0.1) is 10.1 Å². The summed E-state index contributed by atoms with van der Waals surface area (Å²) in [6.45, 7) is 1.72. The third kappa shape index (κ3) is 6.60. The Morgan fingerprint density at radius 3 is 2.83 bits per heavy atom. The molecule has 1 aromatic carbocycles. The van der Waals surface area contributed by atoms with Crippen molar-refractivity contribution in [1.29, 1.82) is 0 Å². The zero-order valence-corrected chi connectivity index (χ0v) is 13.1. The van der Waals surface area contributed by atoms with Crippen molar-refractivity contribution in [1.82, 2.24) is 5.43 Å². The molecule has 130 valence electrons. The Morgan fingerprint density at radius 2 is 2.21 bits per heavy atom. The fourth-order valence-corrected chi connectivity index (χ4v) is 1.51. The molecule has 1 rings (SSSR count). The van der Waals surface area contributed by atoms with E-state index in [1.54, 1.807) is 25.1 Å². The number of carbonyl (C=O) groups excluding carboxylic acids is 1. The van der Waals surface area contributed by atoms with Crippen molar-refractivity contribution in [3.63, 3.8) is 0 Å². The predicted octanol–water partition coefficient (Wildman–Crippen LogP) is 0.0670. The number of hydrogen-bond acceptors (Lipinski definition) is 7. The van der Waals surface area contributed by atoms with E-state index in [-0.39, 0.29) is 13.2 Å². The number of benzene rings is 1. The van der Waals surface area contributed by atoms with Gasteiger partial charge in [0.25, 0.3) is 5.96 Å². The monoisotopic (exact) mass is 339 g/mol. The molecule has 11 heteroatoms. The topological polar surface area (TPSA) is 151 Å². The van der Waals surface area contributed by atoms with Crippen molar-refractivity contribution in [3.8, 4) is 11.5 Å². The standard InChI is InChI=1S/C13H17N5O6/c1-3-23-12(19)8-24-10-5-4-9(6-11(10)22-2)7-15-16-13(14)17-18(20)21/h4-7H,3,8H2,1-2H3,(H3,14,16,17). The first-order valence-corrected chi connectivity index (χ1v) is 6.70. The van der Waals surface area contributed by atoms with Gasteiger partial charge in [-0.1, -0.05) is 0 Å². The van der Waals surface area contributed by atoms with Crippen LogP contribution in [0.1, 0.15) is 12.5 Å². The van der Waals surface area contributed by atoms with Crippen LogP contribution in [-0.2, 0) is 9.53 Å². The van der Waals surface area contributed by atoms with Crippen LogP contribution in [0.15, 0.2) is 28.4 Å². The maximum atomic E-state index is 11.3. The van der Waals surface area contributed by atoms with Gasteiger partial charge in [0, 0.05) is 0 Å². The van der Waals surface area contributed by atoms with Crippen molar-refractivity contribution in [2.75, 3.05) is 20.3 Å². The molecule has 0 amide bonds. The molecule has 0 aromatic heterocycles. The summed E-state index contributed by atoms with van der Waals surface area (Å²) in [5.41, 5.74) is 7.99. The third-order valence-electron chi connectivity index (χ3n) is 2.42. The van der Waals surface area contributed by atoms with Crippen LogP contribution >= 0.6 is 0 Å². The molecule has 1 aromatic rings. The van der Waals surface area contributed by atoms with Gasteiger partial charge in [-0.15, -0.1) is 0 Å². The quantitative estimate of drug-likeness (QED) is 0.222. The molecule has 0 fully saturated rings. The Hall–Kier alpha value is -3.37. The molecule has 0 spiro atoms. The second-order valence-corrected chi connectivity index (χ2v) is 4.10. The molecule has 11 nitrogen and oxygen atoms in total. The van der Waals surface area contributed by atoms with Crippen molar-refractivity contribution in [3.05, 3.63) is 33.9 Å². The van der Waals surface area contributed by atoms with Gasteiger partial charge in [0.2, 0.25) is 0 Å². The number of carbonyl (C=O) groups is 1. The lowest BCUT2D eigenvalue weighted by molar-refractivity contribution is -0.485. The summed E-state index contributed by atoms with van der Waals surface area (Å²) in [6.07, 6.45) is 1.35. The first kappa shape index (κ1) is 18.7. The maximum absolute atomic E-state index is 11.3. The van der Waals surface area contributed by atoms with E-state index in [0.29, 0.717) is 17.1 Å². The summed E-state index contributed by atoms with van der Waals surface area (Å²) in [5.74, 6) is -0.229. The van der Waals surface area contributed by atoms with Crippen molar-refractivity contribution < 1.29 is 24.0 Å². The minimum atomic E-state index is -0.948. The van der Waals surface area contributed by atoms with Crippen LogP contribution in [0.2, 0.25) is 0 Å². The van der Waals surface area contributed by atoms with Gasteiger partial charge in [-0.25, -0.2) is 20.3 Å². The van der Waals surface area contributed by atoms with E-state index in [1.807, 2.05) is 0 Å². The molecular weight excluding hydrogens is 322 g/mol. The average Bonchev–Trinajstić information content (AvgIpc) is 2.53. The molecule has 3 N–H and O–H groups in total. The zero-order valence-electron chi connectivity index (χ0n) is 13.1. The number of methoxy groups -OCH3 is 1. The minimum absolute atomic E-state index is 0.243. The van der Waals surface area contributed by atoms with Gasteiger partial charge in [0.15, 0.2) is 23.1 Å². The first-order valence-electron chi connectivity index (χ1n) is 6.70. The molecule has 0 heterocycles. The van der Waals surface area contributed by atoms with Gasteiger partial charge in [0.1, 0.15) is 5.10 Å². The maximum Gasteiger partial charge on any atom is 0.344 e. The van der Waals surface area contributed by atoms with Crippen molar-refractivity contribution in [2.24, 2.45) is 15.9 Å². The molecule has 0 bridgehead atoms. The molecule has 0 unspecified atom stereocenters. The molecule has 0 saturated heterocycles. The number of nitrogens with two attached hydrogens (primary N) is 1. The highest BCUT2D eigenvalue weighted by Gasteiger charge is 2.08. The number of nitrogens with zero attached hydrogens (tertiary/aromatic N) is 3. The number of guanidine groups is 1. The normalized spacial score (nSPS) is 11.2. The first-order chi connectivity index (χ1) is 11.5. The lowest BCUT2D eigenvalue weighted by Gasteiger charge is -2.10. The second kappa shape index (κ2) is 9.61.